The average Bonchev–Trinajstić information content (AvgIpc) is 2.92. The molecule has 0 saturated carbocycles. The summed E-state index contributed by atoms with van der Waals surface area (Å²) < 4.78 is 2.03. The second-order valence-electron chi connectivity index (χ2n) is 4.79. The van der Waals surface area contributed by atoms with Crippen LogP contribution in [-0.4, -0.2) is 46.8 Å². The van der Waals surface area contributed by atoms with E-state index in [1.54, 1.807) is 4.90 Å². The lowest BCUT2D eigenvalue weighted by Gasteiger charge is -2.31. The maximum Gasteiger partial charge on any atom is 0.317 e. The first-order chi connectivity index (χ1) is 8.79. The third-order valence-electron chi connectivity index (χ3n) is 3.38. The van der Waals surface area contributed by atoms with Crippen LogP contribution in [0.3, 0.4) is 0 Å². The van der Waals surface area contributed by atoms with Crippen LogP contribution in [0.4, 0.5) is 4.79 Å². The second kappa shape index (κ2) is 6.44. The molecule has 1 aliphatic rings. The molecule has 2 N–H and O–H groups in total. The zero-order chi connectivity index (χ0) is 12.8. The second-order valence-corrected chi connectivity index (χ2v) is 4.79. The minimum Gasteiger partial charge on any atom is -0.396 e. The number of likely N-dealkylation sites (tertiary alicyclic amines) is 1. The summed E-state index contributed by atoms with van der Waals surface area (Å²) in [5.41, 5.74) is 0. The lowest BCUT2D eigenvalue weighted by molar-refractivity contribution is 0.129. The molecule has 1 saturated heterocycles. The molecule has 100 valence electrons. The summed E-state index contributed by atoms with van der Waals surface area (Å²) in [6.07, 6.45) is 5.96. The fourth-order valence-corrected chi connectivity index (χ4v) is 2.32. The van der Waals surface area contributed by atoms with Gasteiger partial charge >= 0.3 is 6.03 Å². The van der Waals surface area contributed by atoms with Gasteiger partial charge in [0.2, 0.25) is 0 Å². The largest absolute Gasteiger partial charge is 0.396 e. The molecule has 1 aromatic heterocycles. The summed E-state index contributed by atoms with van der Waals surface area (Å²) in [6, 6.07) is 3.93. The van der Waals surface area contributed by atoms with E-state index in [0.29, 0.717) is 13.1 Å². The number of urea groups is 1. The molecule has 5 heteroatoms. The fraction of sp³-hybridized carbons (Fsp3) is 0.615. The average molecular weight is 251 g/mol. The number of nitrogens with one attached hydrogen (secondary N) is 1. The minimum absolute atomic E-state index is 0.0136. The minimum atomic E-state index is -0.0136. The summed E-state index contributed by atoms with van der Waals surface area (Å²) in [5.74, 6) is 0.244. The Balaban J connectivity index is 1.70. The number of aliphatic hydroxyl groups is 1. The number of rotatable bonds is 4. The summed E-state index contributed by atoms with van der Waals surface area (Å²) >= 11 is 0. The van der Waals surface area contributed by atoms with E-state index in [-0.39, 0.29) is 18.6 Å². The third-order valence-corrected chi connectivity index (χ3v) is 3.38. The van der Waals surface area contributed by atoms with Crippen LogP contribution in [0, 0.1) is 5.92 Å². The van der Waals surface area contributed by atoms with Crippen LogP contribution in [0.15, 0.2) is 24.5 Å². The molecule has 1 aliphatic heterocycles. The number of carbonyl (C=O) groups is 1. The zero-order valence-electron chi connectivity index (χ0n) is 10.6. The van der Waals surface area contributed by atoms with Crippen molar-refractivity contribution in [1.82, 2.24) is 14.8 Å². The molecule has 1 aromatic rings. The van der Waals surface area contributed by atoms with Crippen molar-refractivity contribution in [3.8, 4) is 0 Å². The maximum absolute atomic E-state index is 11.9. The standard InChI is InChI=1S/C13H21N3O2/c17-11-12-4-3-8-16(10-12)13(18)14-5-9-15-6-1-2-7-15/h1-2,6-7,12,17H,3-5,8-11H2,(H,14,18). The molecule has 2 amide bonds. The van der Waals surface area contributed by atoms with Crippen molar-refractivity contribution in [2.24, 2.45) is 5.92 Å². The summed E-state index contributed by atoms with van der Waals surface area (Å²) in [6.45, 7) is 3.06. The number of amides is 2. The van der Waals surface area contributed by atoms with Crippen molar-refractivity contribution in [2.75, 3.05) is 26.2 Å². The van der Waals surface area contributed by atoms with E-state index in [0.717, 1.165) is 25.9 Å². The molecule has 2 heterocycles. The van der Waals surface area contributed by atoms with E-state index >= 15 is 0 Å². The van der Waals surface area contributed by atoms with Gasteiger partial charge in [-0.2, -0.15) is 0 Å². The number of carbonyl (C=O) groups excluding carboxylic acids is 1. The summed E-state index contributed by atoms with van der Waals surface area (Å²) in [4.78, 5) is 13.7. The predicted molar refractivity (Wildman–Crippen MR) is 69.2 cm³/mol. The third kappa shape index (κ3) is 3.50. The Hall–Kier alpha value is -1.49. The number of aliphatic hydroxyl groups excluding tert-OH is 1. The molecule has 1 atom stereocenters. The smallest absolute Gasteiger partial charge is 0.317 e. The Morgan fingerprint density at radius 2 is 2.17 bits per heavy atom. The van der Waals surface area contributed by atoms with Crippen LogP contribution < -0.4 is 5.32 Å². The Morgan fingerprint density at radius 1 is 1.39 bits per heavy atom. The molecule has 0 bridgehead atoms. The lowest BCUT2D eigenvalue weighted by atomic mass is 9.99. The van der Waals surface area contributed by atoms with Crippen LogP contribution in [-0.2, 0) is 6.54 Å². The molecule has 1 fully saturated rings. The molecule has 0 aliphatic carbocycles. The summed E-state index contributed by atoms with van der Waals surface area (Å²) in [7, 11) is 0. The quantitative estimate of drug-likeness (QED) is 0.835. The lowest BCUT2D eigenvalue weighted by Crippen LogP contribution is -2.46. The molecule has 18 heavy (non-hydrogen) atoms. The SMILES string of the molecule is O=C(NCCn1cccc1)N1CCCC(CO)C1. The van der Waals surface area contributed by atoms with Crippen LogP contribution in [0.1, 0.15) is 12.8 Å². The van der Waals surface area contributed by atoms with Crippen molar-refractivity contribution < 1.29 is 9.90 Å². The van der Waals surface area contributed by atoms with Crippen molar-refractivity contribution in [3.63, 3.8) is 0 Å². The highest BCUT2D eigenvalue weighted by molar-refractivity contribution is 5.74. The number of hydrogen-bond acceptors (Lipinski definition) is 2. The fourth-order valence-electron chi connectivity index (χ4n) is 2.32. The molecule has 1 unspecified atom stereocenters. The van der Waals surface area contributed by atoms with Gasteiger partial charge in [-0.15, -0.1) is 0 Å². The van der Waals surface area contributed by atoms with Gasteiger partial charge in [-0.1, -0.05) is 0 Å². The first-order valence-corrected chi connectivity index (χ1v) is 6.54. The van der Waals surface area contributed by atoms with Gasteiger partial charge in [-0.25, -0.2) is 4.79 Å². The highest BCUT2D eigenvalue weighted by Crippen LogP contribution is 2.15. The van der Waals surface area contributed by atoms with Gasteiger partial charge in [-0.3, -0.25) is 0 Å². The van der Waals surface area contributed by atoms with Crippen molar-refractivity contribution in [1.29, 1.82) is 0 Å². The van der Waals surface area contributed by atoms with E-state index in [9.17, 15) is 4.79 Å². The number of nitrogens with zero attached hydrogens (tertiary/aromatic N) is 2. The van der Waals surface area contributed by atoms with Crippen molar-refractivity contribution >= 4 is 6.03 Å². The molecule has 0 radical (unpaired) electrons. The van der Waals surface area contributed by atoms with Gasteiger partial charge in [0.1, 0.15) is 0 Å². The van der Waals surface area contributed by atoms with Crippen LogP contribution in [0.5, 0.6) is 0 Å². The van der Waals surface area contributed by atoms with Crippen LogP contribution in [0.25, 0.3) is 0 Å². The van der Waals surface area contributed by atoms with E-state index in [1.165, 1.54) is 0 Å². The Bertz CT molecular complexity index is 364. The molecule has 5 nitrogen and oxygen atoms in total. The van der Waals surface area contributed by atoms with Crippen LogP contribution >= 0.6 is 0 Å². The Kier molecular flexibility index (Phi) is 4.64. The van der Waals surface area contributed by atoms with E-state index in [2.05, 4.69) is 5.32 Å². The number of aromatic nitrogens is 1. The zero-order valence-corrected chi connectivity index (χ0v) is 10.6. The summed E-state index contributed by atoms with van der Waals surface area (Å²) in [5, 5.41) is 12.0. The van der Waals surface area contributed by atoms with Crippen molar-refractivity contribution in [2.45, 2.75) is 19.4 Å². The number of hydrogen-bond donors (Lipinski definition) is 2. The van der Waals surface area contributed by atoms with Crippen molar-refractivity contribution in [3.05, 3.63) is 24.5 Å². The van der Waals surface area contributed by atoms with Gasteiger partial charge < -0.3 is 19.9 Å². The normalized spacial score (nSPS) is 19.8. The highest BCUT2D eigenvalue weighted by Gasteiger charge is 2.22. The Labute approximate surface area is 107 Å². The molecule has 2 rings (SSSR count). The monoisotopic (exact) mass is 251 g/mol. The van der Waals surface area contributed by atoms with Gasteiger partial charge in [0, 0.05) is 45.2 Å². The van der Waals surface area contributed by atoms with Gasteiger partial charge in [0.25, 0.3) is 0 Å². The maximum atomic E-state index is 11.9. The first-order valence-electron chi connectivity index (χ1n) is 6.54. The molecular weight excluding hydrogens is 230 g/mol. The molecular formula is C13H21N3O2. The van der Waals surface area contributed by atoms with Gasteiger partial charge in [-0.05, 0) is 30.9 Å². The number of piperidine rings is 1. The van der Waals surface area contributed by atoms with Gasteiger partial charge in [0.05, 0.1) is 0 Å². The van der Waals surface area contributed by atoms with Gasteiger partial charge in [0.15, 0.2) is 0 Å². The topological polar surface area (TPSA) is 57.5 Å². The highest BCUT2D eigenvalue weighted by atomic mass is 16.3. The Morgan fingerprint density at radius 3 is 2.89 bits per heavy atom. The van der Waals surface area contributed by atoms with E-state index in [1.807, 2.05) is 29.1 Å². The van der Waals surface area contributed by atoms with E-state index < -0.39 is 0 Å². The predicted octanol–water partition coefficient (Wildman–Crippen LogP) is 0.902. The van der Waals surface area contributed by atoms with Crippen LogP contribution in [0.2, 0.25) is 0 Å². The first kappa shape index (κ1) is 13.0. The molecule has 0 aromatic carbocycles. The molecule has 0 spiro atoms. The van der Waals surface area contributed by atoms with E-state index in [4.69, 9.17) is 5.11 Å².